The number of rotatable bonds is 36. The smallest absolute Gasteiger partial charge is 0.306 e. The molecule has 0 fully saturated rings. The summed E-state index contributed by atoms with van der Waals surface area (Å²) in [5.74, 6) is -0.0241. The summed E-state index contributed by atoms with van der Waals surface area (Å²) in [4.78, 5) is 50.9. The van der Waals surface area contributed by atoms with Crippen LogP contribution in [0.3, 0.4) is 0 Å². The number of nitro groups is 2. The second-order valence-electron chi connectivity index (χ2n) is 12.9. The van der Waals surface area contributed by atoms with Gasteiger partial charge in [-0.2, -0.15) is 46.1 Å². The first-order valence-electron chi connectivity index (χ1n) is 20.3. The van der Waals surface area contributed by atoms with Crippen LogP contribution in [-0.4, -0.2) is 203 Å². The lowest BCUT2D eigenvalue weighted by Crippen LogP contribution is -2.14. The number of carbonyl (C=O) groups is 3. The minimum absolute atomic E-state index is 0.000552. The summed E-state index contributed by atoms with van der Waals surface area (Å²) in [6.45, 7) is 12.0. The van der Waals surface area contributed by atoms with Gasteiger partial charge in [0.15, 0.2) is 23.1 Å². The van der Waals surface area contributed by atoms with E-state index >= 15 is 0 Å². The fourth-order valence-electron chi connectivity index (χ4n) is 3.94. The van der Waals surface area contributed by atoms with Gasteiger partial charge in [0.05, 0.1) is 153 Å². The molecule has 3 N–H and O–H groups in total. The van der Waals surface area contributed by atoms with E-state index in [-0.39, 0.29) is 61.8 Å². The lowest BCUT2D eigenvalue weighted by Gasteiger charge is -2.06. The minimum Gasteiger partial charge on any atom is -0.396 e. The van der Waals surface area contributed by atoms with Crippen molar-refractivity contribution >= 4 is 72.6 Å². The Morgan fingerprint density at radius 2 is 0.956 bits per heavy atom. The standard InChI is InChI=1S/C12H19N3O6.C12H21N3O4.C10H20O7S.C3H3N3O2.BI/c1-11(16)10-21-7-6-20-5-4-19-3-2-14-9-12(8-13-14)15(17)18;1-11(16)10-19-7-6-18-5-4-17-3-2-15-9-12(13)8-14-15;1-10(11)9-16-6-5-14-3-4-15-7-8-17-18(2,12)13;7-6(8)3-1-4-5-2-3;1-2/h8-9H,2-7,10H2,1H3;8-9H,2-7,10,13H2,1H3;3-9H2,1-2H3;1-2H,(H,4,5);. The number of nitrogens with one attached hydrogen (secondary N) is 1. The van der Waals surface area contributed by atoms with Gasteiger partial charge in [-0.15, -0.1) is 0 Å². The lowest BCUT2D eigenvalue weighted by molar-refractivity contribution is -0.385. The summed E-state index contributed by atoms with van der Waals surface area (Å²) in [6, 6.07) is 0. The molecule has 31 heteroatoms. The third-order valence-corrected chi connectivity index (χ3v) is 7.38. The van der Waals surface area contributed by atoms with Gasteiger partial charge in [-0.05, 0) is 20.8 Å². The molecule has 0 aromatic carbocycles. The van der Waals surface area contributed by atoms with Crippen LogP contribution in [0.4, 0.5) is 17.1 Å². The van der Waals surface area contributed by atoms with Crippen molar-refractivity contribution in [2.24, 2.45) is 0 Å². The third kappa shape index (κ3) is 46.7. The van der Waals surface area contributed by atoms with Crippen molar-refractivity contribution in [1.82, 2.24) is 29.8 Å². The van der Waals surface area contributed by atoms with Crippen LogP contribution in [0, 0.1) is 20.2 Å². The summed E-state index contributed by atoms with van der Waals surface area (Å²) in [5, 5.41) is 33.8. The van der Waals surface area contributed by atoms with Gasteiger partial charge in [0, 0.05) is 6.20 Å². The molecule has 0 bridgehead atoms. The molecule has 0 atom stereocenters. The Hall–Kier alpha value is -4.42. The molecule has 0 aliphatic heterocycles. The Labute approximate surface area is 409 Å². The molecule has 3 aromatic rings. The number of carbonyl (C=O) groups excluding carboxylic acids is 3. The summed E-state index contributed by atoms with van der Waals surface area (Å²) in [6.07, 6.45) is 9.27. The predicted molar refractivity (Wildman–Crippen MR) is 251 cm³/mol. The number of ketones is 3. The van der Waals surface area contributed by atoms with Gasteiger partial charge in [-0.25, -0.2) is 0 Å². The van der Waals surface area contributed by atoms with E-state index in [1.165, 1.54) is 44.0 Å². The Kier molecular flexibility index (Phi) is 43.5. The Morgan fingerprint density at radius 1 is 0.603 bits per heavy atom. The topological polar surface area (TPSA) is 354 Å². The maximum absolute atomic E-state index is 10.6. The molecule has 68 heavy (non-hydrogen) atoms. The molecule has 0 spiro atoms. The van der Waals surface area contributed by atoms with Crippen LogP contribution in [0.15, 0.2) is 37.2 Å². The summed E-state index contributed by atoms with van der Waals surface area (Å²) < 4.78 is 75.2. The zero-order valence-electron chi connectivity index (χ0n) is 38.6. The van der Waals surface area contributed by atoms with Crippen molar-refractivity contribution in [3.63, 3.8) is 0 Å². The van der Waals surface area contributed by atoms with Crippen LogP contribution in [0.1, 0.15) is 20.8 Å². The van der Waals surface area contributed by atoms with Crippen molar-refractivity contribution in [3.8, 4) is 0 Å². The van der Waals surface area contributed by atoms with Crippen LogP contribution >= 0.6 is 22.4 Å². The molecule has 0 aliphatic rings. The highest BCUT2D eigenvalue weighted by Gasteiger charge is 2.08. The van der Waals surface area contributed by atoms with Gasteiger partial charge in [0.2, 0.25) is 0 Å². The van der Waals surface area contributed by atoms with Gasteiger partial charge in [-0.1, -0.05) is 0 Å². The molecule has 28 nitrogen and oxygen atoms in total. The highest BCUT2D eigenvalue weighted by Crippen LogP contribution is 2.07. The van der Waals surface area contributed by atoms with Gasteiger partial charge in [0.1, 0.15) is 38.4 Å². The summed E-state index contributed by atoms with van der Waals surface area (Å²) >= 11 is 1.65. The monoisotopic (exact) mass is 1110 g/mol. The molecule has 0 aliphatic carbocycles. The molecular formula is C37H63BIN9O19S. The van der Waals surface area contributed by atoms with Gasteiger partial charge in [-0.3, -0.25) is 53.3 Å². The first kappa shape index (κ1) is 65.7. The Bertz CT molecular complexity index is 1840. The van der Waals surface area contributed by atoms with Crippen LogP contribution in [0.5, 0.6) is 0 Å². The van der Waals surface area contributed by atoms with Crippen molar-refractivity contribution in [3.05, 3.63) is 57.4 Å². The number of aromatic amines is 1. The van der Waals surface area contributed by atoms with E-state index in [9.17, 15) is 43.0 Å². The predicted octanol–water partition coefficient (Wildman–Crippen LogP) is 0.958. The number of aromatic nitrogens is 6. The zero-order valence-corrected chi connectivity index (χ0v) is 41.6. The number of nitrogen functional groups attached to an aromatic ring is 1. The highest BCUT2D eigenvalue weighted by atomic mass is 127. The van der Waals surface area contributed by atoms with Crippen LogP contribution < -0.4 is 5.73 Å². The number of halogens is 1. The fourth-order valence-corrected chi connectivity index (χ4v) is 4.31. The molecule has 3 heterocycles. The normalized spacial score (nSPS) is 10.5. The molecular weight excluding hydrogens is 1040 g/mol. The van der Waals surface area contributed by atoms with E-state index in [2.05, 4.69) is 30.3 Å². The first-order chi connectivity index (χ1) is 32.5. The highest BCUT2D eigenvalue weighted by molar-refractivity contribution is 14.1. The molecule has 0 amide bonds. The van der Waals surface area contributed by atoms with E-state index in [0.717, 1.165) is 12.5 Å². The largest absolute Gasteiger partial charge is 0.396 e. The Balaban J connectivity index is 0. The number of ether oxygens (including phenoxy) is 9. The van der Waals surface area contributed by atoms with Crippen LogP contribution in [0.25, 0.3) is 0 Å². The van der Waals surface area contributed by atoms with E-state index in [1.54, 1.807) is 39.4 Å². The Morgan fingerprint density at radius 3 is 1.25 bits per heavy atom. The number of hydrogen-bond donors (Lipinski definition) is 2. The molecule has 2 radical (unpaired) electrons. The number of nitrogens with zero attached hydrogens (tertiary/aromatic N) is 7. The third-order valence-electron chi connectivity index (χ3n) is 6.78. The van der Waals surface area contributed by atoms with E-state index in [1.807, 2.05) is 0 Å². The van der Waals surface area contributed by atoms with Crippen LogP contribution in [-0.2, 0) is 84.4 Å². The average molecular weight is 1110 g/mol. The molecule has 0 saturated carbocycles. The van der Waals surface area contributed by atoms with E-state index in [0.29, 0.717) is 111 Å². The number of anilines is 1. The van der Waals surface area contributed by atoms with Crippen LogP contribution in [0.2, 0.25) is 0 Å². The second-order valence-corrected chi connectivity index (χ2v) is 14.6. The van der Waals surface area contributed by atoms with Crippen molar-refractivity contribution in [2.75, 3.05) is 138 Å². The molecule has 386 valence electrons. The average Bonchev–Trinajstić information content (AvgIpc) is 4.09. The summed E-state index contributed by atoms with van der Waals surface area (Å²) in [5.41, 5.74) is 10.6. The second kappa shape index (κ2) is 45.1. The van der Waals surface area contributed by atoms with Gasteiger partial charge >= 0.3 is 11.4 Å². The zero-order chi connectivity index (χ0) is 51.3. The number of nitrogens with two attached hydrogens (primary N) is 1. The SMILES string of the molecule is CC(=O)COCCOCCOCCOS(C)(=O)=O.CC(=O)COCCOCCOCCn1cc(N)cn1.CC(=O)COCCOCCOCCn1cc([N+](=O)[O-])cn1.O=[N+]([O-])c1cn[nH]c1.[B]I. The van der Waals surface area contributed by atoms with Crippen molar-refractivity contribution in [1.29, 1.82) is 0 Å². The maximum atomic E-state index is 10.6. The summed E-state index contributed by atoms with van der Waals surface area (Å²) in [7, 11) is -3.39. The van der Waals surface area contributed by atoms with E-state index < -0.39 is 20.0 Å². The molecule has 3 aromatic heterocycles. The quantitative estimate of drug-likeness (QED) is 0.0204. The first-order valence-corrected chi connectivity index (χ1v) is 23.4. The molecule has 3 rings (SSSR count). The minimum atomic E-state index is -3.39. The van der Waals surface area contributed by atoms with Crippen molar-refractivity contribution in [2.45, 2.75) is 33.9 Å². The fraction of sp³-hybridized carbons (Fsp3) is 0.676. The molecule has 0 unspecified atom stereocenters. The number of H-pyrrole nitrogens is 1. The van der Waals surface area contributed by atoms with E-state index in [4.69, 9.17) is 48.4 Å². The maximum Gasteiger partial charge on any atom is 0.306 e. The van der Waals surface area contributed by atoms with Crippen molar-refractivity contribution < 1.29 is 79.5 Å². The number of Topliss-reactive ketones (excluding diaryl/α,β-unsaturated/α-hetero) is 3. The lowest BCUT2D eigenvalue weighted by atomic mass is 10.5. The number of hydrogen-bond acceptors (Lipinski definition) is 23. The van der Waals surface area contributed by atoms with Gasteiger partial charge in [0.25, 0.3) is 10.1 Å². The van der Waals surface area contributed by atoms with Gasteiger partial charge < -0.3 is 48.4 Å². The molecule has 0 saturated heterocycles.